The summed E-state index contributed by atoms with van der Waals surface area (Å²) in [4.78, 5) is 24.8. The number of esters is 1. The SMILES string of the molecule is COc1cc(O)c2c(c1OC)C/C=C\C(=O)C(O)=C(O)/C=C\C(C)=C(\C)OC2=O. The number of aromatic hydroxyl groups is 1. The lowest BCUT2D eigenvalue weighted by atomic mass is 10.00. The number of benzene rings is 1. The van der Waals surface area contributed by atoms with E-state index in [9.17, 15) is 24.9 Å². The third-order valence-electron chi connectivity index (χ3n) is 4.31. The maximum atomic E-state index is 12.8. The number of allylic oxidation sites excluding steroid dienone is 6. The van der Waals surface area contributed by atoms with Gasteiger partial charge in [-0.25, -0.2) is 4.79 Å². The first kappa shape index (κ1) is 21.6. The van der Waals surface area contributed by atoms with Crippen LogP contribution in [0.1, 0.15) is 29.8 Å². The van der Waals surface area contributed by atoms with Crippen LogP contribution in [-0.4, -0.2) is 41.3 Å². The zero-order valence-corrected chi connectivity index (χ0v) is 16.5. The van der Waals surface area contributed by atoms with Crippen molar-refractivity contribution in [3.05, 3.63) is 64.3 Å². The van der Waals surface area contributed by atoms with Crippen molar-refractivity contribution in [3.8, 4) is 17.2 Å². The quantitative estimate of drug-likeness (QED) is 0.643. The van der Waals surface area contributed by atoms with Gasteiger partial charge in [0, 0.05) is 11.6 Å². The predicted molar refractivity (Wildman–Crippen MR) is 104 cm³/mol. The van der Waals surface area contributed by atoms with Crippen LogP contribution in [-0.2, 0) is 16.0 Å². The van der Waals surface area contributed by atoms with Gasteiger partial charge in [0.1, 0.15) is 17.1 Å². The molecule has 1 heterocycles. The van der Waals surface area contributed by atoms with Crippen molar-refractivity contribution in [3.63, 3.8) is 0 Å². The number of aliphatic hydroxyl groups excluding tert-OH is 2. The lowest BCUT2D eigenvalue weighted by Crippen LogP contribution is -2.11. The highest BCUT2D eigenvalue weighted by Gasteiger charge is 2.25. The Labute approximate surface area is 167 Å². The average molecular weight is 402 g/mol. The fraction of sp³-hybridized carbons (Fsp3) is 0.238. The number of carbonyl (C=O) groups excluding carboxylic acids is 2. The number of methoxy groups -OCH3 is 2. The molecule has 3 N–H and O–H groups in total. The monoisotopic (exact) mass is 402 g/mol. The topological polar surface area (TPSA) is 123 Å². The number of ketones is 1. The minimum Gasteiger partial charge on any atom is -0.507 e. The highest BCUT2D eigenvalue weighted by molar-refractivity contribution is 6.02. The Bertz CT molecular complexity index is 963. The molecule has 154 valence electrons. The number of hydrogen-bond acceptors (Lipinski definition) is 8. The summed E-state index contributed by atoms with van der Waals surface area (Å²) < 4.78 is 15.9. The van der Waals surface area contributed by atoms with Gasteiger partial charge in [0.2, 0.25) is 11.5 Å². The van der Waals surface area contributed by atoms with Crippen LogP contribution in [0.2, 0.25) is 0 Å². The summed E-state index contributed by atoms with van der Waals surface area (Å²) in [6, 6.07) is 1.23. The van der Waals surface area contributed by atoms with Gasteiger partial charge in [0.05, 0.1) is 14.2 Å². The van der Waals surface area contributed by atoms with E-state index in [2.05, 4.69) is 0 Å². The summed E-state index contributed by atoms with van der Waals surface area (Å²) in [7, 11) is 2.74. The normalized spacial score (nSPS) is 20.4. The molecule has 0 fully saturated rings. The molecule has 29 heavy (non-hydrogen) atoms. The number of aliphatic hydroxyl groups is 2. The van der Waals surface area contributed by atoms with Crippen LogP contribution in [0.4, 0.5) is 0 Å². The van der Waals surface area contributed by atoms with Crippen molar-refractivity contribution in [2.24, 2.45) is 0 Å². The molecule has 1 aliphatic heterocycles. The molecule has 0 amide bonds. The predicted octanol–water partition coefficient (Wildman–Crippen LogP) is 3.43. The van der Waals surface area contributed by atoms with Crippen LogP contribution in [0.5, 0.6) is 17.2 Å². The van der Waals surface area contributed by atoms with E-state index in [0.717, 1.165) is 12.2 Å². The number of fused-ring (bicyclic) bond motifs is 1. The minimum absolute atomic E-state index is 0.0320. The van der Waals surface area contributed by atoms with Crippen molar-refractivity contribution >= 4 is 11.8 Å². The van der Waals surface area contributed by atoms with Crippen molar-refractivity contribution in [2.45, 2.75) is 20.3 Å². The summed E-state index contributed by atoms with van der Waals surface area (Å²) >= 11 is 0. The third-order valence-corrected chi connectivity index (χ3v) is 4.31. The minimum atomic E-state index is -0.835. The molecule has 1 aromatic carbocycles. The third kappa shape index (κ3) is 4.60. The molecule has 0 radical (unpaired) electrons. The van der Waals surface area contributed by atoms with Gasteiger partial charge in [0.15, 0.2) is 17.3 Å². The molecular weight excluding hydrogens is 380 g/mol. The fourth-order valence-electron chi connectivity index (χ4n) is 2.64. The number of hydrogen-bond donors (Lipinski definition) is 3. The molecule has 0 spiro atoms. The second kappa shape index (κ2) is 9.01. The Morgan fingerprint density at radius 1 is 1.00 bits per heavy atom. The second-order valence-electron chi connectivity index (χ2n) is 6.15. The smallest absolute Gasteiger partial charge is 0.347 e. The second-order valence-corrected chi connectivity index (χ2v) is 6.15. The molecule has 0 atom stereocenters. The lowest BCUT2D eigenvalue weighted by molar-refractivity contribution is -0.113. The van der Waals surface area contributed by atoms with Gasteiger partial charge in [-0.2, -0.15) is 0 Å². The van der Waals surface area contributed by atoms with Gasteiger partial charge in [-0.1, -0.05) is 12.2 Å². The molecular formula is C21H22O8. The fourth-order valence-corrected chi connectivity index (χ4v) is 2.64. The van der Waals surface area contributed by atoms with E-state index >= 15 is 0 Å². The highest BCUT2D eigenvalue weighted by atomic mass is 16.5. The largest absolute Gasteiger partial charge is 0.507 e. The molecule has 1 aromatic rings. The molecule has 8 nitrogen and oxygen atoms in total. The summed E-state index contributed by atoms with van der Waals surface area (Å²) in [5.74, 6) is -2.95. The van der Waals surface area contributed by atoms with Crippen molar-refractivity contribution in [1.29, 1.82) is 0 Å². The van der Waals surface area contributed by atoms with E-state index in [1.807, 2.05) is 0 Å². The molecule has 2 rings (SSSR count). The Hall–Kier alpha value is -3.68. The van der Waals surface area contributed by atoms with Crippen molar-refractivity contribution in [2.75, 3.05) is 14.2 Å². The van der Waals surface area contributed by atoms with Crippen LogP contribution >= 0.6 is 0 Å². The van der Waals surface area contributed by atoms with Crippen LogP contribution < -0.4 is 9.47 Å². The van der Waals surface area contributed by atoms with Crippen LogP contribution in [0.25, 0.3) is 0 Å². The van der Waals surface area contributed by atoms with Gasteiger partial charge in [-0.05, 0) is 38.0 Å². The number of ether oxygens (including phenoxy) is 3. The van der Waals surface area contributed by atoms with E-state index in [4.69, 9.17) is 14.2 Å². The number of cyclic esters (lactones) is 1. The first-order valence-corrected chi connectivity index (χ1v) is 8.58. The molecule has 1 aliphatic rings. The number of rotatable bonds is 2. The standard InChI is InChI=1S/C21H22O8/c1-11-8-9-15(23)19(25)14(22)7-5-6-13-18(21(26)29-12(11)2)16(24)10-17(27-3)20(13)28-4/h5,7-10,23-25H,6H2,1-4H3/b7-5-,9-8-,12-11-,19-15?. The Morgan fingerprint density at radius 2 is 1.69 bits per heavy atom. The number of phenolic OH excluding ortho intramolecular Hbond substituents is 1. The van der Waals surface area contributed by atoms with E-state index in [1.165, 1.54) is 39.4 Å². The maximum Gasteiger partial charge on any atom is 0.347 e. The van der Waals surface area contributed by atoms with Crippen LogP contribution in [0, 0.1) is 0 Å². The van der Waals surface area contributed by atoms with Crippen molar-refractivity contribution in [1.82, 2.24) is 0 Å². The van der Waals surface area contributed by atoms with Gasteiger partial charge in [0.25, 0.3) is 0 Å². The summed E-state index contributed by atoms with van der Waals surface area (Å²) in [5.41, 5.74) is 0.527. The number of phenols is 1. The first-order chi connectivity index (χ1) is 13.7. The van der Waals surface area contributed by atoms with Gasteiger partial charge in [-0.15, -0.1) is 0 Å². The zero-order chi connectivity index (χ0) is 21.7. The summed E-state index contributed by atoms with van der Waals surface area (Å²) in [6.45, 7) is 3.12. The Balaban J connectivity index is 2.75. The Morgan fingerprint density at radius 3 is 2.31 bits per heavy atom. The van der Waals surface area contributed by atoms with E-state index in [0.29, 0.717) is 5.57 Å². The molecule has 0 saturated carbocycles. The van der Waals surface area contributed by atoms with Crippen LogP contribution in [0.3, 0.4) is 0 Å². The molecule has 0 unspecified atom stereocenters. The molecule has 0 bridgehead atoms. The van der Waals surface area contributed by atoms with E-state index in [1.54, 1.807) is 6.92 Å². The first-order valence-electron chi connectivity index (χ1n) is 8.58. The summed E-state index contributed by atoms with van der Waals surface area (Å²) in [5, 5.41) is 30.1. The zero-order valence-electron chi connectivity index (χ0n) is 16.5. The molecule has 0 aliphatic carbocycles. The van der Waals surface area contributed by atoms with Crippen molar-refractivity contribution < 1.29 is 39.1 Å². The van der Waals surface area contributed by atoms with Crippen LogP contribution in [0.15, 0.2) is 53.2 Å². The highest BCUT2D eigenvalue weighted by Crippen LogP contribution is 2.40. The number of carbonyl (C=O) groups is 2. The maximum absolute atomic E-state index is 12.8. The lowest BCUT2D eigenvalue weighted by Gasteiger charge is -2.17. The average Bonchev–Trinajstić information content (AvgIpc) is 2.69. The molecule has 0 aromatic heterocycles. The molecule has 8 heteroatoms. The summed E-state index contributed by atoms with van der Waals surface area (Å²) in [6.07, 6.45) is 4.83. The van der Waals surface area contributed by atoms with Gasteiger partial charge >= 0.3 is 5.97 Å². The molecule has 0 saturated heterocycles. The van der Waals surface area contributed by atoms with E-state index < -0.39 is 23.3 Å². The van der Waals surface area contributed by atoms with E-state index in [-0.39, 0.29) is 40.6 Å². The van der Waals surface area contributed by atoms with Gasteiger partial charge in [-0.3, -0.25) is 4.79 Å². The van der Waals surface area contributed by atoms with Gasteiger partial charge < -0.3 is 29.5 Å². The Kier molecular flexibility index (Phi) is 6.71.